The molecule has 0 heterocycles. The molecule has 0 aromatic heterocycles. The molecule has 0 amide bonds. The van der Waals surface area contributed by atoms with Crippen LogP contribution in [0.1, 0.15) is 22.3 Å². The number of carbonyl (C=O) groups excluding carboxylic acids is 1. The van der Waals surface area contributed by atoms with E-state index in [1.807, 2.05) is 109 Å². The average molecular weight is 903 g/mol. The Hall–Kier alpha value is -9.45. The number of benzene rings is 10. The van der Waals surface area contributed by atoms with Crippen molar-refractivity contribution in [3.63, 3.8) is 0 Å². The highest BCUT2D eigenvalue weighted by atomic mass is 16.5. The molecule has 0 saturated carbocycles. The van der Waals surface area contributed by atoms with Crippen molar-refractivity contribution in [2.45, 2.75) is 0 Å². The number of anilines is 2. The normalized spacial score (nSPS) is 12.3. The first-order valence-corrected chi connectivity index (χ1v) is 23.2. The quantitative estimate of drug-likeness (QED) is 0.119. The third-order valence-electron chi connectivity index (χ3n) is 12.7. The minimum Gasteiger partial charge on any atom is -0.457 e. The molecular weight excluding hydrogens is 857 g/mol. The predicted molar refractivity (Wildman–Crippen MR) is 288 cm³/mol. The first kappa shape index (κ1) is 43.1. The van der Waals surface area contributed by atoms with Crippen LogP contribution in [0.5, 0.6) is 23.0 Å². The summed E-state index contributed by atoms with van der Waals surface area (Å²) in [4.78, 5) is 15.6. The van der Waals surface area contributed by atoms with Gasteiger partial charge in [-0.15, -0.1) is 0 Å². The van der Waals surface area contributed by atoms with E-state index in [1.54, 1.807) is 0 Å². The van der Waals surface area contributed by atoms with Crippen molar-refractivity contribution in [3.05, 3.63) is 277 Å². The monoisotopic (exact) mass is 902 g/mol. The number of ether oxygens (including phenoxy) is 2. The molecule has 0 fully saturated rings. The van der Waals surface area contributed by atoms with Gasteiger partial charge in [0.2, 0.25) is 0 Å². The van der Waals surface area contributed by atoms with Crippen molar-refractivity contribution in [2.75, 3.05) is 11.5 Å². The third kappa shape index (κ3) is 9.03. The number of hydrogen-bond donors (Lipinski definition) is 2. The summed E-state index contributed by atoms with van der Waals surface area (Å²) in [6.45, 7) is 0. The molecule has 10 aromatic rings. The first-order valence-electron chi connectivity index (χ1n) is 23.2. The highest BCUT2D eigenvalue weighted by molar-refractivity contribution is 6.59. The van der Waals surface area contributed by atoms with Crippen molar-refractivity contribution < 1.29 is 14.3 Å². The van der Waals surface area contributed by atoms with E-state index in [9.17, 15) is 0 Å². The zero-order valence-electron chi connectivity index (χ0n) is 38.1. The van der Waals surface area contributed by atoms with Crippen LogP contribution in [0.2, 0.25) is 0 Å². The summed E-state index contributed by atoms with van der Waals surface area (Å²) in [5.41, 5.74) is 28.4. The molecule has 5 nitrogen and oxygen atoms in total. The van der Waals surface area contributed by atoms with Gasteiger partial charge in [-0.1, -0.05) is 182 Å². The summed E-state index contributed by atoms with van der Waals surface area (Å²) < 4.78 is 12.1. The molecule has 5 heteroatoms. The summed E-state index contributed by atoms with van der Waals surface area (Å²) in [6, 6.07) is 85.3. The lowest BCUT2D eigenvalue weighted by atomic mass is 9.87. The van der Waals surface area contributed by atoms with E-state index in [0.29, 0.717) is 34.0 Å². The topological polar surface area (TPSA) is 87.6 Å². The molecule has 1 aliphatic carbocycles. The van der Waals surface area contributed by atoms with Gasteiger partial charge in [0, 0.05) is 33.7 Å². The Balaban J connectivity index is 0.992. The van der Waals surface area contributed by atoms with Crippen molar-refractivity contribution in [1.82, 2.24) is 0 Å². The predicted octanol–water partition coefficient (Wildman–Crippen LogP) is 16.2. The second kappa shape index (κ2) is 19.0. The molecule has 4 N–H and O–H groups in total. The number of Topliss-reactive ketones (excluding diaryl/α,β-unsaturated/α-hetero) is 1. The van der Waals surface area contributed by atoms with Crippen LogP contribution in [0.4, 0.5) is 11.4 Å². The molecule has 334 valence electrons. The Bertz CT molecular complexity index is 3270. The molecule has 0 aliphatic heterocycles. The number of nitrogens with two attached hydrogens (primary N) is 2. The van der Waals surface area contributed by atoms with Crippen molar-refractivity contribution >= 4 is 39.5 Å². The maximum absolute atomic E-state index is 15.6. The van der Waals surface area contributed by atoms with E-state index in [-0.39, 0.29) is 5.78 Å². The largest absolute Gasteiger partial charge is 0.457 e. The Morgan fingerprint density at radius 3 is 0.686 bits per heavy atom. The molecule has 0 bridgehead atoms. The number of rotatable bonds is 12. The molecule has 11 rings (SSSR count). The van der Waals surface area contributed by atoms with Crippen molar-refractivity contribution in [3.8, 4) is 67.5 Å². The van der Waals surface area contributed by atoms with E-state index >= 15 is 4.79 Å². The van der Waals surface area contributed by atoms with E-state index in [2.05, 4.69) is 146 Å². The van der Waals surface area contributed by atoms with Crippen LogP contribution >= 0.6 is 0 Å². The van der Waals surface area contributed by atoms with Gasteiger partial charge in [0.1, 0.15) is 23.0 Å². The molecule has 0 spiro atoms. The lowest BCUT2D eigenvalue weighted by Crippen LogP contribution is -2.02. The van der Waals surface area contributed by atoms with Gasteiger partial charge < -0.3 is 20.9 Å². The average Bonchev–Trinajstić information content (AvgIpc) is 3.73. The minimum atomic E-state index is -0.0295. The second-order valence-electron chi connectivity index (χ2n) is 17.3. The van der Waals surface area contributed by atoms with Crippen molar-refractivity contribution in [1.29, 1.82) is 0 Å². The number of carbonyl (C=O) groups is 1. The summed E-state index contributed by atoms with van der Waals surface area (Å²) in [7, 11) is 0. The molecule has 10 aromatic carbocycles. The fraction of sp³-hybridized carbons (Fsp3) is 0. The highest BCUT2D eigenvalue weighted by Crippen LogP contribution is 2.50. The van der Waals surface area contributed by atoms with Crippen LogP contribution in [0, 0.1) is 0 Å². The lowest BCUT2D eigenvalue weighted by molar-refractivity contribution is -0.108. The van der Waals surface area contributed by atoms with Crippen LogP contribution in [-0.4, -0.2) is 5.78 Å². The summed E-state index contributed by atoms with van der Waals surface area (Å²) in [5.74, 6) is 2.85. The molecule has 70 heavy (non-hydrogen) atoms. The molecular formula is C65H46N2O3. The SMILES string of the molecule is Nc1ccc(Oc2ccc(-c3ccc(C4=C(c5ccc(-c6ccccc6)cc5)C(c5ccc(-c6ccccc6)cc5)=C(c5ccc(-c6ccc(Oc7ccc(N)cc7)cc6)cc5)C4=O)cc3)cc2)cc1. The van der Waals surface area contributed by atoms with Crippen molar-refractivity contribution in [2.24, 2.45) is 0 Å². The van der Waals surface area contributed by atoms with Gasteiger partial charge in [-0.25, -0.2) is 0 Å². The van der Waals surface area contributed by atoms with E-state index < -0.39 is 0 Å². The number of ketones is 1. The Morgan fingerprint density at radius 1 is 0.214 bits per heavy atom. The smallest absolute Gasteiger partial charge is 0.195 e. The van der Waals surface area contributed by atoms with Crippen LogP contribution in [-0.2, 0) is 4.79 Å². The van der Waals surface area contributed by atoms with E-state index in [0.717, 1.165) is 89.4 Å². The fourth-order valence-electron chi connectivity index (χ4n) is 9.08. The van der Waals surface area contributed by atoms with Crippen LogP contribution in [0.25, 0.3) is 66.8 Å². The molecule has 0 saturated heterocycles. The standard InChI is InChI=1S/C65H46N2O3/c66-55-31-39-59(40-32-55)69-57-35-27-49(28-36-57)47-15-23-53(24-16-47)63-61(51-19-11-45(12-20-51)43-7-3-1-4-8-43)62(52-21-13-46(14-22-52)44-9-5-2-6-10-44)64(65(63)68)54-25-17-48(18-26-54)50-29-37-58(38-30-50)70-60-41-33-56(67)34-42-60/h1-42H,66-67H2. The van der Waals surface area contributed by atoms with E-state index in [4.69, 9.17) is 20.9 Å². The van der Waals surface area contributed by atoms with Crippen LogP contribution in [0.3, 0.4) is 0 Å². The summed E-state index contributed by atoms with van der Waals surface area (Å²) in [6.07, 6.45) is 0. The third-order valence-corrected chi connectivity index (χ3v) is 12.7. The Kier molecular flexibility index (Phi) is 11.7. The first-order chi connectivity index (χ1) is 34.4. The minimum absolute atomic E-state index is 0.0295. The molecule has 0 unspecified atom stereocenters. The van der Waals surface area contributed by atoms with Crippen LogP contribution in [0.15, 0.2) is 255 Å². The molecule has 1 aliphatic rings. The fourth-order valence-corrected chi connectivity index (χ4v) is 9.08. The number of nitrogen functional groups attached to an aromatic ring is 2. The summed E-state index contributed by atoms with van der Waals surface area (Å²) in [5, 5.41) is 0. The van der Waals surface area contributed by atoms with Gasteiger partial charge in [-0.3, -0.25) is 4.79 Å². The lowest BCUT2D eigenvalue weighted by Gasteiger charge is -2.15. The Morgan fingerprint density at radius 2 is 0.414 bits per heavy atom. The van der Waals surface area contributed by atoms with Gasteiger partial charge in [-0.2, -0.15) is 0 Å². The molecule has 0 atom stereocenters. The number of hydrogen-bond acceptors (Lipinski definition) is 5. The summed E-state index contributed by atoms with van der Waals surface area (Å²) >= 11 is 0. The Labute approximate surface area is 407 Å². The van der Waals surface area contributed by atoms with E-state index in [1.165, 1.54) is 0 Å². The zero-order valence-corrected chi connectivity index (χ0v) is 38.1. The number of allylic oxidation sites excluding steroid dienone is 4. The van der Waals surface area contributed by atoms with Gasteiger partial charge in [0.15, 0.2) is 5.78 Å². The van der Waals surface area contributed by atoms with Gasteiger partial charge in [-0.05, 0) is 140 Å². The molecule has 0 radical (unpaired) electrons. The maximum Gasteiger partial charge on any atom is 0.195 e. The van der Waals surface area contributed by atoms with Crippen LogP contribution < -0.4 is 20.9 Å². The second-order valence-corrected chi connectivity index (χ2v) is 17.3. The zero-order chi connectivity index (χ0) is 47.4. The van der Waals surface area contributed by atoms with Gasteiger partial charge >= 0.3 is 0 Å². The highest BCUT2D eigenvalue weighted by Gasteiger charge is 2.35. The van der Waals surface area contributed by atoms with Gasteiger partial charge in [0.25, 0.3) is 0 Å². The van der Waals surface area contributed by atoms with Gasteiger partial charge in [0.05, 0.1) is 0 Å². The maximum atomic E-state index is 15.6.